The standard InChI is InChI=1S/C18H21F3N4O2/c19-18(20,21)14-6-2-1-5-13(14)8-7-12-4-3-9-25(10-12)11-15-23-17(16(22)26)27-24-15/h1-2,5-6,12H,3-4,7-11H2,(H2,22,26)/t12-/m0/s1. The van der Waals surface area contributed by atoms with Gasteiger partial charge in [-0.15, -0.1) is 0 Å². The zero-order valence-corrected chi connectivity index (χ0v) is 14.7. The zero-order chi connectivity index (χ0) is 19.4. The van der Waals surface area contributed by atoms with Crippen LogP contribution in [-0.4, -0.2) is 34.0 Å². The van der Waals surface area contributed by atoms with Gasteiger partial charge in [0.2, 0.25) is 0 Å². The van der Waals surface area contributed by atoms with E-state index in [2.05, 4.69) is 15.0 Å². The molecule has 0 saturated carbocycles. The first-order chi connectivity index (χ1) is 12.8. The predicted molar refractivity (Wildman–Crippen MR) is 90.6 cm³/mol. The fourth-order valence-electron chi connectivity index (χ4n) is 3.52. The second-order valence-electron chi connectivity index (χ2n) is 6.82. The Balaban J connectivity index is 1.57. The fourth-order valence-corrected chi connectivity index (χ4v) is 3.52. The lowest BCUT2D eigenvalue weighted by Gasteiger charge is -2.32. The maximum atomic E-state index is 13.1. The number of hydrogen-bond donors (Lipinski definition) is 1. The number of carbonyl (C=O) groups is 1. The lowest BCUT2D eigenvalue weighted by Crippen LogP contribution is -2.35. The Morgan fingerprint density at radius 2 is 2.11 bits per heavy atom. The van der Waals surface area contributed by atoms with Crippen molar-refractivity contribution in [1.82, 2.24) is 15.0 Å². The SMILES string of the molecule is NC(=O)c1nc(CN2CCC[C@@H](CCc3ccccc3C(F)(F)F)C2)no1. The van der Waals surface area contributed by atoms with Crippen LogP contribution < -0.4 is 5.73 Å². The van der Waals surface area contributed by atoms with Crippen LogP contribution in [0.4, 0.5) is 13.2 Å². The Kier molecular flexibility index (Phi) is 5.79. The quantitative estimate of drug-likeness (QED) is 0.830. The lowest BCUT2D eigenvalue weighted by atomic mass is 9.90. The molecule has 0 bridgehead atoms. The minimum absolute atomic E-state index is 0.220. The van der Waals surface area contributed by atoms with Gasteiger partial charge in [0.1, 0.15) is 0 Å². The highest BCUT2D eigenvalue weighted by molar-refractivity contribution is 5.87. The van der Waals surface area contributed by atoms with E-state index in [1.54, 1.807) is 12.1 Å². The number of hydrogen-bond acceptors (Lipinski definition) is 5. The van der Waals surface area contributed by atoms with E-state index in [4.69, 9.17) is 10.3 Å². The van der Waals surface area contributed by atoms with E-state index in [0.717, 1.165) is 32.0 Å². The number of aryl methyl sites for hydroxylation is 1. The Hall–Kier alpha value is -2.42. The van der Waals surface area contributed by atoms with Gasteiger partial charge in [0.25, 0.3) is 0 Å². The predicted octanol–water partition coefficient (Wildman–Crippen LogP) is 3.03. The van der Waals surface area contributed by atoms with Gasteiger partial charge >= 0.3 is 18.0 Å². The van der Waals surface area contributed by atoms with Crippen LogP contribution in [0.2, 0.25) is 0 Å². The van der Waals surface area contributed by atoms with Crippen molar-refractivity contribution in [3.8, 4) is 0 Å². The third-order valence-electron chi connectivity index (χ3n) is 4.79. The van der Waals surface area contributed by atoms with Crippen LogP contribution in [0, 0.1) is 5.92 Å². The van der Waals surface area contributed by atoms with E-state index in [0.29, 0.717) is 36.7 Å². The number of halogens is 3. The Labute approximate surface area is 154 Å². The molecule has 2 N–H and O–H groups in total. The van der Waals surface area contributed by atoms with E-state index in [1.165, 1.54) is 6.07 Å². The van der Waals surface area contributed by atoms with Gasteiger partial charge in [-0.2, -0.15) is 18.2 Å². The molecule has 1 aliphatic heterocycles. The van der Waals surface area contributed by atoms with Crippen LogP contribution in [0.25, 0.3) is 0 Å². The molecule has 2 aromatic rings. The van der Waals surface area contributed by atoms with Crippen LogP contribution in [0.15, 0.2) is 28.8 Å². The third-order valence-corrected chi connectivity index (χ3v) is 4.79. The molecule has 0 spiro atoms. The average molecular weight is 382 g/mol. The van der Waals surface area contributed by atoms with Crippen molar-refractivity contribution < 1.29 is 22.5 Å². The summed E-state index contributed by atoms with van der Waals surface area (Å²) < 4.78 is 44.1. The molecule has 0 radical (unpaired) electrons. The van der Waals surface area contributed by atoms with Gasteiger partial charge in [-0.1, -0.05) is 23.4 Å². The first kappa shape index (κ1) is 19.3. The second kappa shape index (κ2) is 8.08. The summed E-state index contributed by atoms with van der Waals surface area (Å²) >= 11 is 0. The van der Waals surface area contributed by atoms with Crippen molar-refractivity contribution in [2.45, 2.75) is 38.4 Å². The van der Waals surface area contributed by atoms with Gasteiger partial charge < -0.3 is 10.3 Å². The molecule has 1 aromatic heterocycles. The molecule has 6 nitrogen and oxygen atoms in total. The molecule has 1 fully saturated rings. The summed E-state index contributed by atoms with van der Waals surface area (Å²) in [6, 6.07) is 5.74. The third kappa shape index (κ3) is 5.06. The molecular weight excluding hydrogens is 361 g/mol. The molecule has 1 aliphatic rings. The number of amides is 1. The molecule has 1 saturated heterocycles. The van der Waals surface area contributed by atoms with Crippen molar-refractivity contribution >= 4 is 5.91 Å². The highest BCUT2D eigenvalue weighted by Gasteiger charge is 2.33. The maximum Gasteiger partial charge on any atom is 0.416 e. The van der Waals surface area contributed by atoms with Gasteiger partial charge in [0, 0.05) is 6.54 Å². The smallest absolute Gasteiger partial charge is 0.361 e. The number of aromatic nitrogens is 2. The molecule has 27 heavy (non-hydrogen) atoms. The van der Waals surface area contributed by atoms with Gasteiger partial charge in [0.05, 0.1) is 12.1 Å². The molecule has 146 valence electrons. The van der Waals surface area contributed by atoms with E-state index in [9.17, 15) is 18.0 Å². The molecule has 1 aromatic carbocycles. The highest BCUT2D eigenvalue weighted by Crippen LogP contribution is 2.33. The topological polar surface area (TPSA) is 85.3 Å². The molecule has 1 atom stereocenters. The number of nitrogens with zero attached hydrogens (tertiary/aromatic N) is 3. The molecule has 9 heteroatoms. The average Bonchev–Trinajstić information content (AvgIpc) is 3.09. The molecule has 3 rings (SSSR count). The van der Waals surface area contributed by atoms with E-state index >= 15 is 0 Å². The largest absolute Gasteiger partial charge is 0.416 e. The number of primary amides is 1. The molecule has 1 amide bonds. The van der Waals surface area contributed by atoms with Crippen molar-refractivity contribution in [2.75, 3.05) is 13.1 Å². The van der Waals surface area contributed by atoms with Crippen LogP contribution >= 0.6 is 0 Å². The minimum Gasteiger partial charge on any atom is -0.361 e. The van der Waals surface area contributed by atoms with Gasteiger partial charge in [0.15, 0.2) is 5.82 Å². The van der Waals surface area contributed by atoms with Crippen molar-refractivity contribution in [3.63, 3.8) is 0 Å². The number of nitrogens with two attached hydrogens (primary N) is 1. The second-order valence-corrected chi connectivity index (χ2v) is 6.82. The summed E-state index contributed by atoms with van der Waals surface area (Å²) in [5, 5.41) is 3.74. The number of likely N-dealkylation sites (tertiary alicyclic amines) is 1. The van der Waals surface area contributed by atoms with Crippen LogP contribution in [0.5, 0.6) is 0 Å². The first-order valence-electron chi connectivity index (χ1n) is 8.83. The summed E-state index contributed by atoms with van der Waals surface area (Å²) in [5.74, 6) is -0.315. The van der Waals surface area contributed by atoms with E-state index in [-0.39, 0.29) is 5.89 Å². The van der Waals surface area contributed by atoms with Crippen molar-refractivity contribution in [3.05, 3.63) is 47.1 Å². The van der Waals surface area contributed by atoms with Gasteiger partial charge in [-0.05, 0) is 49.8 Å². The molecule has 2 heterocycles. The Morgan fingerprint density at radius 3 is 2.81 bits per heavy atom. The monoisotopic (exact) mass is 382 g/mol. The normalized spacial score (nSPS) is 18.6. The number of piperidine rings is 1. The van der Waals surface area contributed by atoms with Crippen LogP contribution in [0.3, 0.4) is 0 Å². The maximum absolute atomic E-state index is 13.1. The van der Waals surface area contributed by atoms with E-state index < -0.39 is 17.6 Å². The first-order valence-corrected chi connectivity index (χ1v) is 8.83. The lowest BCUT2D eigenvalue weighted by molar-refractivity contribution is -0.138. The summed E-state index contributed by atoms with van der Waals surface area (Å²) in [7, 11) is 0. The molecule has 0 aliphatic carbocycles. The summed E-state index contributed by atoms with van der Waals surface area (Å²) in [6.07, 6.45) is -1.33. The number of rotatable bonds is 6. The minimum atomic E-state index is -4.33. The zero-order valence-electron chi connectivity index (χ0n) is 14.7. The number of carbonyl (C=O) groups excluding carboxylic acids is 1. The van der Waals surface area contributed by atoms with E-state index in [1.807, 2.05) is 0 Å². The van der Waals surface area contributed by atoms with Crippen LogP contribution in [-0.2, 0) is 19.1 Å². The van der Waals surface area contributed by atoms with Crippen molar-refractivity contribution in [1.29, 1.82) is 0 Å². The van der Waals surface area contributed by atoms with Gasteiger partial charge in [-0.25, -0.2) is 0 Å². The van der Waals surface area contributed by atoms with Gasteiger partial charge in [-0.3, -0.25) is 9.69 Å². The fraction of sp³-hybridized carbons (Fsp3) is 0.500. The highest BCUT2D eigenvalue weighted by atomic mass is 19.4. The van der Waals surface area contributed by atoms with Crippen molar-refractivity contribution in [2.24, 2.45) is 11.7 Å². The summed E-state index contributed by atoms with van der Waals surface area (Å²) in [4.78, 5) is 17.1. The summed E-state index contributed by atoms with van der Waals surface area (Å²) in [6.45, 7) is 2.01. The molecular formula is C18H21F3N4O2. The Bertz CT molecular complexity index is 791. The molecule has 0 unspecified atom stereocenters. The van der Waals surface area contributed by atoms with Crippen LogP contribution in [0.1, 0.15) is 46.9 Å². The number of benzene rings is 1. The number of alkyl halides is 3. The summed E-state index contributed by atoms with van der Waals surface area (Å²) in [5.41, 5.74) is 4.88. The Morgan fingerprint density at radius 1 is 1.33 bits per heavy atom.